The maximum Gasteiger partial charge on any atom is 0.147 e. The normalized spacial score (nSPS) is 13.6. The fraction of sp³-hybridized carbons (Fsp3) is 0.600. The molecule has 1 unspecified atom stereocenters. The van der Waals surface area contributed by atoms with Crippen molar-refractivity contribution in [2.75, 3.05) is 13.7 Å². The van der Waals surface area contributed by atoms with Gasteiger partial charge in [0.05, 0.1) is 10.6 Å². The lowest BCUT2D eigenvalue weighted by atomic mass is 9.93. The quantitative estimate of drug-likeness (QED) is 0.678. The summed E-state index contributed by atoms with van der Waals surface area (Å²) in [6, 6.07) is 3.42. The van der Waals surface area contributed by atoms with Crippen LogP contribution in [0.1, 0.15) is 45.2 Å². The Labute approximate surface area is 134 Å². The molecule has 1 N–H and O–H groups in total. The van der Waals surface area contributed by atoms with E-state index in [1.54, 1.807) is 19.2 Å². The van der Waals surface area contributed by atoms with Crippen LogP contribution in [-0.2, 0) is 4.74 Å². The molecule has 0 bridgehead atoms. The van der Waals surface area contributed by atoms with Gasteiger partial charge in [-0.3, -0.25) is 0 Å². The Bertz CT molecular complexity index is 454. The Balaban J connectivity index is 3.07. The largest absolute Gasteiger partial charge is 0.379 e. The summed E-state index contributed by atoms with van der Waals surface area (Å²) in [5, 5.41) is 3.50. The van der Waals surface area contributed by atoms with Gasteiger partial charge in [-0.05, 0) is 55.2 Å². The highest BCUT2D eigenvalue weighted by Crippen LogP contribution is 2.33. The highest BCUT2D eigenvalue weighted by atomic mass is 79.9. The van der Waals surface area contributed by atoms with Gasteiger partial charge >= 0.3 is 0 Å². The smallest absolute Gasteiger partial charge is 0.147 e. The fourth-order valence-corrected chi connectivity index (χ4v) is 2.47. The predicted molar refractivity (Wildman–Crippen MR) is 85.8 cm³/mol. The molecule has 1 atom stereocenters. The highest BCUT2D eigenvalue weighted by molar-refractivity contribution is 9.10. The van der Waals surface area contributed by atoms with Crippen LogP contribution < -0.4 is 5.32 Å². The summed E-state index contributed by atoms with van der Waals surface area (Å²) in [7, 11) is 1.67. The van der Waals surface area contributed by atoms with Crippen molar-refractivity contribution in [2.45, 2.75) is 45.3 Å². The molecule has 0 fully saturated rings. The second kappa shape index (κ2) is 7.74. The van der Waals surface area contributed by atoms with Crippen LogP contribution in [0.25, 0.3) is 0 Å². The Hall–Kier alpha value is -0.160. The predicted octanol–water partition coefficient (Wildman–Crippen LogP) is 5.10. The summed E-state index contributed by atoms with van der Waals surface area (Å²) in [5.41, 5.74) is 0.244. The summed E-state index contributed by atoms with van der Waals surface area (Å²) >= 11 is 9.23. The van der Waals surface area contributed by atoms with Gasteiger partial charge in [-0.1, -0.05) is 24.6 Å². The molecule has 0 aliphatic heterocycles. The number of methoxy groups -OCH3 is 1. The Morgan fingerprint density at radius 1 is 1.45 bits per heavy atom. The number of ether oxygens (including phenoxy) is 1. The lowest BCUT2D eigenvalue weighted by Gasteiger charge is -2.30. The van der Waals surface area contributed by atoms with Crippen LogP contribution >= 0.6 is 27.5 Å². The standard InChI is InChI=1S/C15H22BrClFNO/c1-5-8-19-12(9-15(2,3)20-4)10-6-7-11(16)13(17)14(10)18/h6-7,12,19H,5,8-9H2,1-4H3. The zero-order chi connectivity index (χ0) is 15.3. The molecule has 0 saturated heterocycles. The summed E-state index contributed by atoms with van der Waals surface area (Å²) < 4.78 is 20.4. The van der Waals surface area contributed by atoms with Crippen molar-refractivity contribution >= 4 is 27.5 Å². The molecule has 0 aliphatic rings. The van der Waals surface area contributed by atoms with Crippen molar-refractivity contribution in [1.29, 1.82) is 0 Å². The van der Waals surface area contributed by atoms with Gasteiger partial charge in [0.15, 0.2) is 0 Å². The van der Waals surface area contributed by atoms with Crippen molar-refractivity contribution < 1.29 is 9.13 Å². The van der Waals surface area contributed by atoms with Crippen LogP contribution in [0.15, 0.2) is 16.6 Å². The van der Waals surface area contributed by atoms with Crippen molar-refractivity contribution in [3.8, 4) is 0 Å². The first-order chi connectivity index (χ1) is 9.32. The van der Waals surface area contributed by atoms with Crippen LogP contribution in [-0.4, -0.2) is 19.3 Å². The molecule has 2 nitrogen and oxygen atoms in total. The number of nitrogens with one attached hydrogen (secondary N) is 1. The van der Waals surface area contributed by atoms with Crippen molar-refractivity contribution in [2.24, 2.45) is 0 Å². The van der Waals surface area contributed by atoms with Gasteiger partial charge in [0, 0.05) is 23.2 Å². The average Bonchev–Trinajstić information content (AvgIpc) is 2.41. The summed E-state index contributed by atoms with van der Waals surface area (Å²) in [5.74, 6) is -0.374. The van der Waals surface area contributed by atoms with E-state index < -0.39 is 0 Å². The molecule has 0 spiro atoms. The Kier molecular flexibility index (Phi) is 6.92. The first kappa shape index (κ1) is 17.9. The van der Waals surface area contributed by atoms with E-state index in [1.165, 1.54) is 0 Å². The molecule has 1 aromatic rings. The third kappa shape index (κ3) is 4.69. The molecule has 0 heterocycles. The molecule has 0 saturated carbocycles. The zero-order valence-electron chi connectivity index (χ0n) is 12.4. The maximum atomic E-state index is 14.4. The molecular weight excluding hydrogens is 345 g/mol. The van der Waals surface area contributed by atoms with Gasteiger partial charge in [0.2, 0.25) is 0 Å². The van der Waals surface area contributed by atoms with E-state index in [9.17, 15) is 4.39 Å². The van der Waals surface area contributed by atoms with Gasteiger partial charge < -0.3 is 10.1 Å². The average molecular weight is 367 g/mol. The van der Waals surface area contributed by atoms with Crippen molar-refractivity contribution in [3.05, 3.63) is 33.0 Å². The number of halogens is 3. The SMILES string of the molecule is CCCNC(CC(C)(C)OC)c1ccc(Br)c(Cl)c1F. The molecule has 0 radical (unpaired) electrons. The number of rotatable bonds is 7. The van der Waals surface area contributed by atoms with Crippen LogP contribution in [0.3, 0.4) is 0 Å². The lowest BCUT2D eigenvalue weighted by molar-refractivity contribution is 0.00659. The number of benzene rings is 1. The monoisotopic (exact) mass is 365 g/mol. The minimum Gasteiger partial charge on any atom is -0.379 e. The summed E-state index contributed by atoms with van der Waals surface area (Å²) in [6.07, 6.45) is 1.65. The van der Waals surface area contributed by atoms with E-state index in [2.05, 4.69) is 28.2 Å². The second-order valence-electron chi connectivity index (χ2n) is 5.44. The molecule has 5 heteroatoms. The fourth-order valence-electron chi connectivity index (χ4n) is 2.00. The molecule has 1 aromatic carbocycles. The zero-order valence-corrected chi connectivity index (χ0v) is 14.7. The van der Waals surface area contributed by atoms with Gasteiger partial charge in [-0.15, -0.1) is 0 Å². The highest BCUT2D eigenvalue weighted by Gasteiger charge is 2.26. The van der Waals surface area contributed by atoms with Crippen LogP contribution in [0.5, 0.6) is 0 Å². The van der Waals surface area contributed by atoms with E-state index in [0.717, 1.165) is 13.0 Å². The minimum absolute atomic E-state index is 0.126. The maximum absolute atomic E-state index is 14.4. The molecule has 0 aliphatic carbocycles. The molecule has 20 heavy (non-hydrogen) atoms. The first-order valence-electron chi connectivity index (χ1n) is 6.74. The van der Waals surface area contributed by atoms with Gasteiger partial charge in [0.25, 0.3) is 0 Å². The molecule has 114 valence electrons. The summed E-state index contributed by atoms with van der Waals surface area (Å²) in [4.78, 5) is 0. The topological polar surface area (TPSA) is 21.3 Å². The van der Waals surface area contributed by atoms with E-state index in [-0.39, 0.29) is 22.5 Å². The van der Waals surface area contributed by atoms with Gasteiger partial charge in [-0.2, -0.15) is 0 Å². The molecular formula is C15H22BrClFNO. The summed E-state index contributed by atoms with van der Waals surface area (Å²) in [6.45, 7) is 6.88. The van der Waals surface area contributed by atoms with E-state index in [4.69, 9.17) is 16.3 Å². The van der Waals surface area contributed by atoms with Crippen LogP contribution in [0.4, 0.5) is 4.39 Å². The first-order valence-corrected chi connectivity index (χ1v) is 7.91. The Morgan fingerprint density at radius 2 is 2.10 bits per heavy atom. The van der Waals surface area contributed by atoms with Crippen molar-refractivity contribution in [1.82, 2.24) is 5.32 Å². The van der Waals surface area contributed by atoms with E-state index >= 15 is 0 Å². The minimum atomic E-state index is -0.374. The van der Waals surface area contributed by atoms with Crippen molar-refractivity contribution in [3.63, 3.8) is 0 Å². The number of hydrogen-bond donors (Lipinski definition) is 1. The number of hydrogen-bond acceptors (Lipinski definition) is 2. The second-order valence-corrected chi connectivity index (χ2v) is 6.67. The van der Waals surface area contributed by atoms with Gasteiger partial charge in [0.1, 0.15) is 5.82 Å². The molecule has 1 rings (SSSR count). The third-order valence-electron chi connectivity index (χ3n) is 3.33. The Morgan fingerprint density at radius 3 is 2.65 bits per heavy atom. The lowest BCUT2D eigenvalue weighted by Crippen LogP contribution is -2.33. The van der Waals surface area contributed by atoms with Gasteiger partial charge in [-0.25, -0.2) is 4.39 Å². The molecule has 0 aromatic heterocycles. The molecule has 0 amide bonds. The van der Waals surface area contributed by atoms with E-state index in [1.807, 2.05) is 13.8 Å². The third-order valence-corrected chi connectivity index (χ3v) is 4.59. The van der Waals surface area contributed by atoms with Crippen LogP contribution in [0.2, 0.25) is 5.02 Å². The van der Waals surface area contributed by atoms with Crippen LogP contribution in [0, 0.1) is 5.82 Å². The van der Waals surface area contributed by atoms with E-state index in [0.29, 0.717) is 16.5 Å².